The lowest BCUT2D eigenvalue weighted by atomic mass is 9.94. The van der Waals surface area contributed by atoms with E-state index in [0.29, 0.717) is 11.7 Å². The molecule has 14 heavy (non-hydrogen) atoms. The first-order valence-corrected chi connectivity index (χ1v) is 6.39. The van der Waals surface area contributed by atoms with E-state index in [1.54, 1.807) is 0 Å². The van der Waals surface area contributed by atoms with Gasteiger partial charge in [0.2, 0.25) is 0 Å². The van der Waals surface area contributed by atoms with Gasteiger partial charge in [0, 0.05) is 12.3 Å². The summed E-state index contributed by atoms with van der Waals surface area (Å²) in [4.78, 5) is 11.8. The van der Waals surface area contributed by atoms with E-state index in [0.717, 1.165) is 12.3 Å². The van der Waals surface area contributed by atoms with E-state index in [-0.39, 0.29) is 0 Å². The lowest BCUT2D eigenvalue weighted by Gasteiger charge is -2.10. The minimum absolute atomic E-state index is 0.455. The maximum Gasteiger partial charge on any atom is 0.135 e. The highest BCUT2D eigenvalue weighted by molar-refractivity contribution is 5.81. The van der Waals surface area contributed by atoms with Gasteiger partial charge in [-0.15, -0.1) is 0 Å². The minimum Gasteiger partial charge on any atom is -0.299 e. The molecule has 2 aliphatic rings. The Kier molecular flexibility index (Phi) is 3.61. The molecule has 0 amide bonds. The van der Waals surface area contributed by atoms with Crippen LogP contribution in [0, 0.1) is 11.8 Å². The van der Waals surface area contributed by atoms with E-state index >= 15 is 0 Å². The van der Waals surface area contributed by atoms with E-state index in [4.69, 9.17) is 0 Å². The molecular weight excluding hydrogens is 172 g/mol. The second-order valence-electron chi connectivity index (χ2n) is 5.14. The van der Waals surface area contributed by atoms with Gasteiger partial charge in [-0.2, -0.15) is 0 Å². The highest BCUT2D eigenvalue weighted by atomic mass is 16.1. The molecule has 1 heteroatoms. The van der Waals surface area contributed by atoms with Crippen LogP contribution in [0.1, 0.15) is 64.2 Å². The van der Waals surface area contributed by atoms with Gasteiger partial charge < -0.3 is 0 Å². The molecule has 0 saturated heterocycles. The van der Waals surface area contributed by atoms with Crippen molar-refractivity contribution in [3.05, 3.63) is 0 Å². The molecule has 2 fully saturated rings. The van der Waals surface area contributed by atoms with Gasteiger partial charge in [-0.1, -0.05) is 38.5 Å². The molecule has 1 nitrogen and oxygen atoms in total. The maximum atomic E-state index is 11.8. The molecular formula is C13H22O. The van der Waals surface area contributed by atoms with Crippen LogP contribution in [0.3, 0.4) is 0 Å². The zero-order valence-electron chi connectivity index (χ0n) is 9.13. The van der Waals surface area contributed by atoms with Crippen LogP contribution in [0.5, 0.6) is 0 Å². The van der Waals surface area contributed by atoms with Crippen molar-refractivity contribution in [2.24, 2.45) is 11.8 Å². The normalized spacial score (nSPS) is 24.6. The van der Waals surface area contributed by atoms with Crippen LogP contribution in [-0.2, 0) is 4.79 Å². The third-order valence-electron chi connectivity index (χ3n) is 4.08. The molecule has 2 aliphatic carbocycles. The molecule has 80 valence electrons. The van der Waals surface area contributed by atoms with Crippen LogP contribution in [0.25, 0.3) is 0 Å². The van der Waals surface area contributed by atoms with Crippen molar-refractivity contribution in [1.29, 1.82) is 0 Å². The molecule has 0 atom stereocenters. The summed E-state index contributed by atoms with van der Waals surface area (Å²) in [6, 6.07) is 0. The summed E-state index contributed by atoms with van der Waals surface area (Å²) in [5, 5.41) is 0. The molecule has 0 unspecified atom stereocenters. The van der Waals surface area contributed by atoms with Crippen molar-refractivity contribution in [1.82, 2.24) is 0 Å². The van der Waals surface area contributed by atoms with Crippen LogP contribution >= 0.6 is 0 Å². The van der Waals surface area contributed by atoms with E-state index in [1.165, 1.54) is 57.8 Å². The Labute approximate surface area is 87.3 Å². The van der Waals surface area contributed by atoms with Crippen LogP contribution in [0.4, 0.5) is 0 Å². The molecule has 0 aromatic rings. The fraction of sp³-hybridized carbons (Fsp3) is 0.923. The predicted octanol–water partition coefficient (Wildman–Crippen LogP) is 3.72. The average molecular weight is 194 g/mol. The number of carbonyl (C=O) groups excluding carboxylic acids is 1. The monoisotopic (exact) mass is 194 g/mol. The van der Waals surface area contributed by atoms with Crippen molar-refractivity contribution < 1.29 is 4.79 Å². The summed E-state index contributed by atoms with van der Waals surface area (Å²) < 4.78 is 0. The smallest absolute Gasteiger partial charge is 0.135 e. The number of hydrogen-bond donors (Lipinski definition) is 0. The van der Waals surface area contributed by atoms with Gasteiger partial charge in [-0.25, -0.2) is 0 Å². The van der Waals surface area contributed by atoms with Gasteiger partial charge in [0.15, 0.2) is 0 Å². The maximum absolute atomic E-state index is 11.8. The molecule has 0 aliphatic heterocycles. The standard InChI is InChI=1S/C13H22O/c14-13(12-7-3-4-8-12)10-9-11-5-1-2-6-11/h11-12H,1-10H2. The van der Waals surface area contributed by atoms with Crippen LogP contribution in [-0.4, -0.2) is 5.78 Å². The SMILES string of the molecule is O=C(CCC1CCCC1)C1CCCC1. The quantitative estimate of drug-likeness (QED) is 0.666. The van der Waals surface area contributed by atoms with Crippen molar-refractivity contribution >= 4 is 5.78 Å². The predicted molar refractivity (Wildman–Crippen MR) is 58.2 cm³/mol. The lowest BCUT2D eigenvalue weighted by molar-refractivity contribution is -0.122. The Morgan fingerprint density at radius 3 is 2.14 bits per heavy atom. The number of hydrogen-bond acceptors (Lipinski definition) is 1. The topological polar surface area (TPSA) is 17.1 Å². The summed E-state index contributed by atoms with van der Waals surface area (Å²) in [5.74, 6) is 1.92. The first kappa shape index (κ1) is 10.2. The largest absolute Gasteiger partial charge is 0.299 e. The Hall–Kier alpha value is -0.330. The number of ketones is 1. The Morgan fingerprint density at radius 2 is 1.50 bits per heavy atom. The van der Waals surface area contributed by atoms with Gasteiger partial charge >= 0.3 is 0 Å². The van der Waals surface area contributed by atoms with Gasteiger partial charge in [-0.3, -0.25) is 4.79 Å². The fourth-order valence-electron chi connectivity index (χ4n) is 3.10. The van der Waals surface area contributed by atoms with E-state index < -0.39 is 0 Å². The van der Waals surface area contributed by atoms with E-state index in [9.17, 15) is 4.79 Å². The van der Waals surface area contributed by atoms with Gasteiger partial charge in [0.05, 0.1) is 0 Å². The Bertz CT molecular complexity index is 185. The van der Waals surface area contributed by atoms with Crippen molar-refractivity contribution in [2.45, 2.75) is 64.2 Å². The van der Waals surface area contributed by atoms with Crippen molar-refractivity contribution in [2.75, 3.05) is 0 Å². The molecule has 0 N–H and O–H groups in total. The molecule has 2 rings (SSSR count). The second-order valence-corrected chi connectivity index (χ2v) is 5.14. The number of Topliss-reactive ketones (excluding diaryl/α,β-unsaturated/α-hetero) is 1. The van der Waals surface area contributed by atoms with Crippen molar-refractivity contribution in [3.63, 3.8) is 0 Å². The molecule has 0 heterocycles. The lowest BCUT2D eigenvalue weighted by Crippen LogP contribution is -2.11. The first-order chi connectivity index (χ1) is 6.86. The summed E-state index contributed by atoms with van der Waals surface area (Å²) in [7, 11) is 0. The Morgan fingerprint density at radius 1 is 0.929 bits per heavy atom. The summed E-state index contributed by atoms with van der Waals surface area (Å²) in [6.45, 7) is 0. The van der Waals surface area contributed by atoms with E-state index in [1.807, 2.05) is 0 Å². The van der Waals surface area contributed by atoms with Gasteiger partial charge in [-0.05, 0) is 25.2 Å². The summed E-state index contributed by atoms with van der Waals surface area (Å²) >= 11 is 0. The fourth-order valence-corrected chi connectivity index (χ4v) is 3.10. The third-order valence-corrected chi connectivity index (χ3v) is 4.08. The van der Waals surface area contributed by atoms with Gasteiger partial charge in [0.1, 0.15) is 5.78 Å². The number of rotatable bonds is 4. The second kappa shape index (κ2) is 4.95. The van der Waals surface area contributed by atoms with Crippen LogP contribution in [0.15, 0.2) is 0 Å². The molecule has 0 aromatic heterocycles. The molecule has 0 aromatic carbocycles. The summed E-state index contributed by atoms with van der Waals surface area (Å²) in [5.41, 5.74) is 0. The first-order valence-electron chi connectivity index (χ1n) is 6.39. The Balaban J connectivity index is 1.66. The molecule has 0 radical (unpaired) electrons. The zero-order valence-corrected chi connectivity index (χ0v) is 9.13. The van der Waals surface area contributed by atoms with Crippen LogP contribution in [0.2, 0.25) is 0 Å². The highest BCUT2D eigenvalue weighted by Crippen LogP contribution is 2.31. The molecule has 0 spiro atoms. The zero-order chi connectivity index (χ0) is 9.80. The number of carbonyl (C=O) groups is 1. The van der Waals surface area contributed by atoms with Crippen molar-refractivity contribution in [3.8, 4) is 0 Å². The minimum atomic E-state index is 0.455. The molecule has 0 bridgehead atoms. The van der Waals surface area contributed by atoms with Crippen LogP contribution < -0.4 is 0 Å². The van der Waals surface area contributed by atoms with E-state index in [2.05, 4.69) is 0 Å². The van der Waals surface area contributed by atoms with Gasteiger partial charge in [0.25, 0.3) is 0 Å². The third kappa shape index (κ3) is 2.59. The highest BCUT2D eigenvalue weighted by Gasteiger charge is 2.23. The average Bonchev–Trinajstić information content (AvgIpc) is 2.87. The summed E-state index contributed by atoms with van der Waals surface area (Å²) in [6.07, 6.45) is 12.6. The molecule has 2 saturated carbocycles.